The normalized spacial score (nSPS) is 20.4. The topological polar surface area (TPSA) is 117 Å². The van der Waals surface area contributed by atoms with Crippen molar-refractivity contribution < 1.29 is 22.7 Å². The van der Waals surface area contributed by atoms with Crippen molar-refractivity contribution in [1.82, 2.24) is 20.3 Å². The molecule has 2 aliphatic rings. The second-order valence-electron chi connectivity index (χ2n) is 11.0. The van der Waals surface area contributed by atoms with Crippen molar-refractivity contribution in [2.45, 2.75) is 56.2 Å². The van der Waals surface area contributed by atoms with E-state index >= 15 is 0 Å². The van der Waals surface area contributed by atoms with Gasteiger partial charge in [-0.05, 0) is 83.4 Å². The van der Waals surface area contributed by atoms with Crippen LogP contribution in [0.1, 0.15) is 42.8 Å². The van der Waals surface area contributed by atoms with Crippen LogP contribution in [0, 0.1) is 5.92 Å². The van der Waals surface area contributed by atoms with Gasteiger partial charge in [0.1, 0.15) is 17.9 Å². The number of nitrogens with one attached hydrogen (secondary N) is 3. The Kier molecular flexibility index (Phi) is 9.34. The molecule has 5 rings (SSSR count). The molecule has 2 fully saturated rings. The van der Waals surface area contributed by atoms with Gasteiger partial charge in [-0.1, -0.05) is 32.0 Å². The molecular formula is C29H35BrN4O5S2. The van der Waals surface area contributed by atoms with Crippen molar-refractivity contribution in [2.24, 2.45) is 5.92 Å². The summed E-state index contributed by atoms with van der Waals surface area (Å²) in [6, 6.07) is 13.3. The second-order valence-corrected chi connectivity index (χ2v) is 14.9. The number of carbonyl (C=O) groups excluding carboxylic acids is 2. The molecule has 0 radical (unpaired) electrons. The van der Waals surface area contributed by atoms with Crippen molar-refractivity contribution in [2.75, 3.05) is 26.2 Å². The van der Waals surface area contributed by atoms with Gasteiger partial charge in [-0.25, -0.2) is 8.42 Å². The van der Waals surface area contributed by atoms with Gasteiger partial charge in [0, 0.05) is 30.4 Å². The smallest absolute Gasteiger partial charge is 0.262 e. The zero-order chi connectivity index (χ0) is 29.1. The maximum Gasteiger partial charge on any atom is 0.262 e. The number of rotatable bonds is 10. The number of amides is 2. The quantitative estimate of drug-likeness (QED) is 0.301. The van der Waals surface area contributed by atoms with Crippen LogP contribution in [0.3, 0.4) is 0 Å². The number of fused-ring (bicyclic) bond motifs is 1. The minimum absolute atomic E-state index is 0.0611. The molecule has 2 aromatic carbocycles. The number of sulfonamides is 1. The van der Waals surface area contributed by atoms with E-state index in [9.17, 15) is 18.0 Å². The van der Waals surface area contributed by atoms with E-state index in [1.165, 1.54) is 15.6 Å². The summed E-state index contributed by atoms with van der Waals surface area (Å²) >= 11 is 4.85. The number of ether oxygens (including phenoxy) is 1. The molecule has 2 aliphatic heterocycles. The molecule has 0 bridgehead atoms. The van der Waals surface area contributed by atoms with E-state index in [4.69, 9.17) is 4.74 Å². The highest BCUT2D eigenvalue weighted by Gasteiger charge is 2.35. The molecule has 3 unspecified atom stereocenters. The van der Waals surface area contributed by atoms with Crippen molar-refractivity contribution in [3.63, 3.8) is 0 Å². The molecule has 3 N–H and O–H groups in total. The monoisotopic (exact) mass is 662 g/mol. The molecule has 0 aliphatic carbocycles. The lowest BCUT2D eigenvalue weighted by Gasteiger charge is -2.23. The maximum atomic E-state index is 13.4. The molecule has 2 saturated heterocycles. The molecule has 3 aromatic rings. The average Bonchev–Trinajstić information content (AvgIpc) is 3.70. The molecular weight excluding hydrogens is 628 g/mol. The summed E-state index contributed by atoms with van der Waals surface area (Å²) in [4.78, 5) is 27.1. The summed E-state index contributed by atoms with van der Waals surface area (Å²) in [5.41, 5.74) is 0. The Morgan fingerprint density at radius 3 is 2.68 bits per heavy atom. The SMILES string of the molecule is CC(C)CC(NC(=O)c1cc2ccccc2s1)C(=O)NC1CCN(S(=O)(=O)c2ccc(OC3CCNC3)c(Br)c2)C1. The third-order valence-electron chi connectivity index (χ3n) is 7.33. The predicted molar refractivity (Wildman–Crippen MR) is 164 cm³/mol. The third kappa shape index (κ3) is 7.11. The highest BCUT2D eigenvalue weighted by molar-refractivity contribution is 9.10. The van der Waals surface area contributed by atoms with Crippen molar-refractivity contribution >= 4 is 59.2 Å². The number of nitrogens with zero attached hydrogens (tertiary/aromatic N) is 1. The maximum absolute atomic E-state index is 13.4. The lowest BCUT2D eigenvalue weighted by molar-refractivity contribution is -0.124. The standard InChI is InChI=1S/C29H35BrN4O5S2/c1-18(2)13-24(33-29(36)27-14-19-5-3-4-6-26(19)40-27)28(35)32-20-10-12-34(17-20)41(37,38)22-7-8-25(23(30)15-22)39-21-9-11-31-16-21/h3-8,14-15,18,20-21,24,31H,9-13,16-17H2,1-2H3,(H,32,35)(H,33,36). The van der Waals surface area contributed by atoms with Gasteiger partial charge < -0.3 is 20.7 Å². The molecule has 3 atom stereocenters. The van der Waals surface area contributed by atoms with E-state index in [0.717, 1.165) is 29.6 Å². The molecule has 0 spiro atoms. The largest absolute Gasteiger partial charge is 0.488 e. The van der Waals surface area contributed by atoms with Gasteiger partial charge in [-0.3, -0.25) is 9.59 Å². The van der Waals surface area contributed by atoms with E-state index in [1.54, 1.807) is 18.2 Å². The fraction of sp³-hybridized carbons (Fsp3) is 0.448. The van der Waals surface area contributed by atoms with Gasteiger partial charge in [0.15, 0.2) is 0 Å². The second kappa shape index (κ2) is 12.8. The van der Waals surface area contributed by atoms with Gasteiger partial charge in [0.2, 0.25) is 15.9 Å². The molecule has 12 heteroatoms. The number of hydrogen-bond donors (Lipinski definition) is 3. The molecule has 220 valence electrons. The van der Waals surface area contributed by atoms with Crippen LogP contribution in [-0.2, 0) is 14.8 Å². The molecule has 2 amide bonds. The van der Waals surface area contributed by atoms with E-state index in [1.807, 2.05) is 44.2 Å². The molecule has 9 nitrogen and oxygen atoms in total. The average molecular weight is 664 g/mol. The number of carbonyl (C=O) groups is 2. The van der Waals surface area contributed by atoms with Crippen LogP contribution < -0.4 is 20.7 Å². The van der Waals surface area contributed by atoms with Crippen LogP contribution in [0.25, 0.3) is 10.1 Å². The van der Waals surface area contributed by atoms with Crippen molar-refractivity contribution in [3.8, 4) is 5.75 Å². The number of thiophene rings is 1. The number of benzene rings is 2. The molecule has 0 saturated carbocycles. The highest BCUT2D eigenvalue weighted by Crippen LogP contribution is 2.31. The van der Waals surface area contributed by atoms with Crippen LogP contribution in [0.2, 0.25) is 0 Å². The summed E-state index contributed by atoms with van der Waals surface area (Å²) in [5, 5.41) is 10.1. The van der Waals surface area contributed by atoms with Crippen LogP contribution in [0.15, 0.2) is 57.9 Å². The Hall–Kier alpha value is -2.51. The first-order valence-electron chi connectivity index (χ1n) is 13.9. The first-order chi connectivity index (χ1) is 19.6. The highest BCUT2D eigenvalue weighted by atomic mass is 79.9. The van der Waals surface area contributed by atoms with E-state index in [-0.39, 0.29) is 41.3 Å². The van der Waals surface area contributed by atoms with Crippen LogP contribution in [-0.4, -0.2) is 68.9 Å². The minimum Gasteiger partial charge on any atom is -0.488 e. The molecule has 41 heavy (non-hydrogen) atoms. The lowest BCUT2D eigenvalue weighted by Crippen LogP contribution is -2.50. The summed E-state index contributed by atoms with van der Waals surface area (Å²) in [5.74, 6) is 0.190. The van der Waals surface area contributed by atoms with Gasteiger partial charge in [-0.2, -0.15) is 4.31 Å². The summed E-state index contributed by atoms with van der Waals surface area (Å²) in [6.07, 6.45) is 1.92. The Bertz CT molecular complexity index is 1490. The van der Waals surface area contributed by atoms with Gasteiger partial charge in [0.05, 0.1) is 14.2 Å². The van der Waals surface area contributed by atoms with Gasteiger partial charge >= 0.3 is 0 Å². The van der Waals surface area contributed by atoms with E-state index in [0.29, 0.717) is 34.5 Å². The zero-order valence-corrected chi connectivity index (χ0v) is 26.3. The van der Waals surface area contributed by atoms with E-state index in [2.05, 4.69) is 31.9 Å². The van der Waals surface area contributed by atoms with Crippen LogP contribution in [0.5, 0.6) is 5.75 Å². The minimum atomic E-state index is -3.77. The van der Waals surface area contributed by atoms with E-state index < -0.39 is 16.1 Å². The Labute approximate surface area is 253 Å². The van der Waals surface area contributed by atoms with Crippen LogP contribution >= 0.6 is 27.3 Å². The Morgan fingerprint density at radius 1 is 1.17 bits per heavy atom. The Morgan fingerprint density at radius 2 is 1.98 bits per heavy atom. The summed E-state index contributed by atoms with van der Waals surface area (Å²) in [7, 11) is -3.77. The summed E-state index contributed by atoms with van der Waals surface area (Å²) in [6.45, 7) is 6.11. The predicted octanol–water partition coefficient (Wildman–Crippen LogP) is 4.13. The molecule has 3 heterocycles. The fourth-order valence-corrected chi connectivity index (χ4v) is 8.30. The van der Waals surface area contributed by atoms with Gasteiger partial charge in [-0.15, -0.1) is 11.3 Å². The lowest BCUT2D eigenvalue weighted by atomic mass is 10.0. The first kappa shape index (κ1) is 30.0. The molecule has 1 aromatic heterocycles. The van der Waals surface area contributed by atoms with Crippen molar-refractivity contribution in [3.05, 3.63) is 57.9 Å². The number of hydrogen-bond acceptors (Lipinski definition) is 7. The third-order valence-corrected chi connectivity index (χ3v) is 10.9. The first-order valence-corrected chi connectivity index (χ1v) is 16.9. The zero-order valence-electron chi connectivity index (χ0n) is 23.1. The van der Waals surface area contributed by atoms with Gasteiger partial charge in [0.25, 0.3) is 5.91 Å². The van der Waals surface area contributed by atoms with Crippen molar-refractivity contribution in [1.29, 1.82) is 0 Å². The fourth-order valence-electron chi connectivity index (χ4n) is 5.19. The number of halogens is 1. The Balaban J connectivity index is 1.21. The summed E-state index contributed by atoms with van der Waals surface area (Å²) < 4.78 is 35.8. The van der Waals surface area contributed by atoms with Crippen LogP contribution in [0.4, 0.5) is 0 Å².